The third-order valence-electron chi connectivity index (χ3n) is 5.58. The fourth-order valence-corrected chi connectivity index (χ4v) is 3.83. The number of fused-ring (bicyclic) bond motifs is 1. The third kappa shape index (κ3) is 5.19. The smallest absolute Gasteiger partial charge is 0.319 e. The number of benzene rings is 2. The normalized spacial score (nSPS) is 14.6. The van der Waals surface area contributed by atoms with Gasteiger partial charge in [0.1, 0.15) is 12.4 Å². The van der Waals surface area contributed by atoms with Crippen LogP contribution in [0.25, 0.3) is 10.8 Å². The quantitative estimate of drug-likeness (QED) is 0.728. The molecule has 156 valence electrons. The van der Waals surface area contributed by atoms with E-state index in [1.807, 2.05) is 54.0 Å². The molecule has 6 nitrogen and oxygen atoms in total. The minimum absolute atomic E-state index is 0.0340. The molecule has 0 aliphatic carbocycles. The zero-order chi connectivity index (χ0) is 20.6. The van der Waals surface area contributed by atoms with E-state index < -0.39 is 0 Å². The molecule has 2 aromatic rings. The lowest BCUT2D eigenvalue weighted by atomic mass is 9.96. The van der Waals surface area contributed by atoms with Crippen LogP contribution in [0, 0.1) is 5.92 Å². The summed E-state index contributed by atoms with van der Waals surface area (Å²) in [6.07, 6.45) is 1.42. The number of nitrogens with one attached hydrogen (secondary N) is 1. The summed E-state index contributed by atoms with van der Waals surface area (Å²) in [5, 5.41) is 5.20. The van der Waals surface area contributed by atoms with Crippen LogP contribution in [-0.4, -0.2) is 61.1 Å². The lowest BCUT2D eigenvalue weighted by molar-refractivity contribution is -0.126. The van der Waals surface area contributed by atoms with Gasteiger partial charge in [-0.15, -0.1) is 0 Å². The van der Waals surface area contributed by atoms with Crippen molar-refractivity contribution in [1.29, 1.82) is 0 Å². The van der Waals surface area contributed by atoms with Gasteiger partial charge in [-0.05, 0) is 38.1 Å². The van der Waals surface area contributed by atoms with E-state index in [9.17, 15) is 9.59 Å². The Bertz CT molecular complexity index is 822. The van der Waals surface area contributed by atoms with Crippen molar-refractivity contribution in [3.8, 4) is 5.75 Å². The van der Waals surface area contributed by atoms with Gasteiger partial charge in [-0.25, -0.2) is 4.79 Å². The Morgan fingerprint density at radius 2 is 1.76 bits per heavy atom. The van der Waals surface area contributed by atoms with Crippen molar-refractivity contribution in [2.45, 2.75) is 26.7 Å². The van der Waals surface area contributed by atoms with Crippen LogP contribution in [-0.2, 0) is 4.79 Å². The van der Waals surface area contributed by atoms with Crippen molar-refractivity contribution in [2.75, 3.05) is 39.3 Å². The topological polar surface area (TPSA) is 61.9 Å². The lowest BCUT2D eigenvalue weighted by Gasteiger charge is -2.34. The summed E-state index contributed by atoms with van der Waals surface area (Å²) >= 11 is 0. The predicted octanol–water partition coefficient (Wildman–Crippen LogP) is 3.51. The Morgan fingerprint density at radius 1 is 1.07 bits per heavy atom. The Labute approximate surface area is 172 Å². The highest BCUT2D eigenvalue weighted by molar-refractivity contribution is 5.88. The Hall–Kier alpha value is -2.76. The van der Waals surface area contributed by atoms with Crippen LogP contribution in [0.5, 0.6) is 5.75 Å². The molecule has 1 saturated heterocycles. The first-order chi connectivity index (χ1) is 14.1. The Balaban J connectivity index is 1.41. The van der Waals surface area contributed by atoms with Gasteiger partial charge in [-0.1, -0.05) is 36.4 Å². The Kier molecular flexibility index (Phi) is 7.33. The van der Waals surface area contributed by atoms with Gasteiger partial charge in [-0.3, -0.25) is 4.79 Å². The van der Waals surface area contributed by atoms with Crippen molar-refractivity contribution in [3.63, 3.8) is 0 Å². The molecule has 1 N–H and O–H groups in total. The molecule has 2 aromatic carbocycles. The van der Waals surface area contributed by atoms with Crippen molar-refractivity contribution in [2.24, 2.45) is 5.92 Å². The number of nitrogens with zero attached hydrogens (tertiary/aromatic N) is 2. The molecule has 0 spiro atoms. The number of rotatable bonds is 7. The largest absolute Gasteiger partial charge is 0.491 e. The monoisotopic (exact) mass is 397 g/mol. The summed E-state index contributed by atoms with van der Waals surface area (Å²) in [5.74, 6) is 0.857. The molecule has 0 atom stereocenters. The lowest BCUT2D eigenvalue weighted by Crippen LogP contribution is -2.48. The molecular formula is C23H31N3O3. The van der Waals surface area contributed by atoms with Crippen LogP contribution in [0.15, 0.2) is 42.5 Å². The van der Waals surface area contributed by atoms with Crippen LogP contribution < -0.4 is 10.1 Å². The second-order valence-electron chi connectivity index (χ2n) is 7.33. The number of likely N-dealkylation sites (tertiary alicyclic amines) is 1. The first-order valence-electron chi connectivity index (χ1n) is 10.6. The number of hydrogen-bond donors (Lipinski definition) is 1. The van der Waals surface area contributed by atoms with E-state index >= 15 is 0 Å². The minimum Gasteiger partial charge on any atom is -0.491 e. The predicted molar refractivity (Wildman–Crippen MR) is 115 cm³/mol. The van der Waals surface area contributed by atoms with E-state index in [0.29, 0.717) is 52.2 Å². The van der Waals surface area contributed by atoms with Gasteiger partial charge in [0.15, 0.2) is 0 Å². The van der Waals surface area contributed by atoms with Gasteiger partial charge in [-0.2, -0.15) is 0 Å². The molecule has 0 bridgehead atoms. The molecule has 0 unspecified atom stereocenters. The van der Waals surface area contributed by atoms with Crippen LogP contribution in [0.2, 0.25) is 0 Å². The number of urea groups is 1. The molecule has 0 aromatic heterocycles. The van der Waals surface area contributed by atoms with Gasteiger partial charge < -0.3 is 19.9 Å². The summed E-state index contributed by atoms with van der Waals surface area (Å²) in [4.78, 5) is 28.6. The molecule has 3 amide bonds. The first kappa shape index (κ1) is 21.0. The summed E-state index contributed by atoms with van der Waals surface area (Å²) in [7, 11) is 0. The standard InChI is InChI=1S/C23H31N3O3/c1-3-25(4-2)23(28)26-15-12-19(13-16-26)22(27)24-14-17-29-21-11-7-9-18-8-5-6-10-20(18)21/h5-11,19H,3-4,12-17H2,1-2H3,(H,24,27). The number of carbonyl (C=O) groups is 2. The van der Waals surface area contributed by atoms with Crippen molar-refractivity contribution in [1.82, 2.24) is 15.1 Å². The molecule has 1 fully saturated rings. The number of ether oxygens (including phenoxy) is 1. The molecule has 1 aliphatic heterocycles. The maximum Gasteiger partial charge on any atom is 0.319 e. The zero-order valence-electron chi connectivity index (χ0n) is 17.4. The third-order valence-corrected chi connectivity index (χ3v) is 5.58. The van der Waals surface area contributed by atoms with Crippen molar-refractivity contribution >= 4 is 22.7 Å². The van der Waals surface area contributed by atoms with Crippen LogP contribution in [0.1, 0.15) is 26.7 Å². The average Bonchev–Trinajstić information content (AvgIpc) is 2.77. The van der Waals surface area contributed by atoms with Gasteiger partial charge in [0.25, 0.3) is 0 Å². The zero-order valence-corrected chi connectivity index (χ0v) is 17.4. The van der Waals surface area contributed by atoms with E-state index in [-0.39, 0.29) is 17.9 Å². The van der Waals surface area contributed by atoms with Gasteiger partial charge in [0, 0.05) is 37.5 Å². The fraction of sp³-hybridized carbons (Fsp3) is 0.478. The summed E-state index contributed by atoms with van der Waals surface area (Å²) in [5.41, 5.74) is 0. The summed E-state index contributed by atoms with van der Waals surface area (Å²) < 4.78 is 5.88. The molecule has 0 saturated carbocycles. The maximum absolute atomic E-state index is 12.5. The molecule has 6 heteroatoms. The Morgan fingerprint density at radius 3 is 2.48 bits per heavy atom. The maximum atomic E-state index is 12.5. The first-order valence-corrected chi connectivity index (χ1v) is 10.6. The van der Waals surface area contributed by atoms with E-state index in [1.54, 1.807) is 0 Å². The number of amides is 3. The number of carbonyl (C=O) groups excluding carboxylic acids is 2. The van der Waals surface area contributed by atoms with Crippen molar-refractivity contribution < 1.29 is 14.3 Å². The van der Waals surface area contributed by atoms with Crippen molar-refractivity contribution in [3.05, 3.63) is 42.5 Å². The average molecular weight is 398 g/mol. The van der Waals surface area contributed by atoms with E-state index in [1.165, 1.54) is 0 Å². The minimum atomic E-state index is -0.0340. The van der Waals surface area contributed by atoms with Gasteiger partial charge >= 0.3 is 6.03 Å². The molecule has 1 heterocycles. The molecule has 1 aliphatic rings. The highest BCUT2D eigenvalue weighted by Gasteiger charge is 2.28. The van der Waals surface area contributed by atoms with Crippen LogP contribution in [0.3, 0.4) is 0 Å². The molecule has 3 rings (SSSR count). The van der Waals surface area contributed by atoms with E-state index in [4.69, 9.17) is 4.74 Å². The molecule has 0 radical (unpaired) electrons. The second kappa shape index (κ2) is 10.1. The number of piperidine rings is 1. The van der Waals surface area contributed by atoms with Gasteiger partial charge in [0.2, 0.25) is 5.91 Å². The van der Waals surface area contributed by atoms with Gasteiger partial charge in [0.05, 0.1) is 6.54 Å². The summed E-state index contributed by atoms with van der Waals surface area (Å²) in [6, 6.07) is 14.2. The molecular weight excluding hydrogens is 366 g/mol. The molecule has 29 heavy (non-hydrogen) atoms. The highest BCUT2D eigenvalue weighted by atomic mass is 16.5. The fourth-order valence-electron chi connectivity index (χ4n) is 3.83. The summed E-state index contributed by atoms with van der Waals surface area (Å²) in [6.45, 7) is 7.59. The second-order valence-corrected chi connectivity index (χ2v) is 7.33. The highest BCUT2D eigenvalue weighted by Crippen LogP contribution is 2.25. The SMILES string of the molecule is CCN(CC)C(=O)N1CCC(C(=O)NCCOc2cccc3ccccc23)CC1. The van der Waals surface area contributed by atoms with E-state index in [0.717, 1.165) is 16.5 Å². The van der Waals surface area contributed by atoms with E-state index in [2.05, 4.69) is 17.4 Å². The van der Waals surface area contributed by atoms with Crippen LogP contribution >= 0.6 is 0 Å². The number of hydrogen-bond acceptors (Lipinski definition) is 3. The van der Waals surface area contributed by atoms with Crippen LogP contribution in [0.4, 0.5) is 4.79 Å².